The highest BCUT2D eigenvalue weighted by atomic mass is 16.7. The first kappa shape index (κ1) is 25.0. The number of hydrogen-bond acceptors (Lipinski definition) is 4. The van der Waals surface area contributed by atoms with Gasteiger partial charge in [-0.15, -0.1) is 0 Å². The highest BCUT2D eigenvalue weighted by Gasteiger charge is 2.53. The van der Waals surface area contributed by atoms with Crippen LogP contribution in [0.25, 0.3) is 0 Å². The largest absolute Gasteiger partial charge is 0.458 e. The van der Waals surface area contributed by atoms with Crippen LogP contribution in [0.3, 0.4) is 0 Å². The summed E-state index contributed by atoms with van der Waals surface area (Å²) in [5, 5.41) is 0. The summed E-state index contributed by atoms with van der Waals surface area (Å²) >= 11 is 0. The number of esters is 1. The molecule has 1 aromatic rings. The van der Waals surface area contributed by atoms with Crippen molar-refractivity contribution in [3.63, 3.8) is 0 Å². The Morgan fingerprint density at radius 2 is 1.88 bits per heavy atom. The monoisotopic (exact) mass is 442 g/mol. The number of carbonyl (C=O) groups excluding carboxylic acids is 1. The van der Waals surface area contributed by atoms with E-state index in [0.29, 0.717) is 30.1 Å². The van der Waals surface area contributed by atoms with Gasteiger partial charge in [0.15, 0.2) is 0 Å². The van der Waals surface area contributed by atoms with E-state index in [1.54, 1.807) is 7.11 Å². The Hall–Kier alpha value is -1.65. The van der Waals surface area contributed by atoms with Crippen LogP contribution in [0, 0.1) is 29.1 Å². The molecule has 4 nitrogen and oxygen atoms in total. The van der Waals surface area contributed by atoms with Crippen molar-refractivity contribution >= 4 is 5.97 Å². The number of allylic oxidation sites excluding steroid dienone is 1. The molecule has 2 aliphatic rings. The summed E-state index contributed by atoms with van der Waals surface area (Å²) in [6, 6.07) is 9.39. The van der Waals surface area contributed by atoms with Gasteiger partial charge in [-0.3, -0.25) is 0 Å². The zero-order valence-electron chi connectivity index (χ0n) is 20.8. The number of hydrogen-bond donors (Lipinski definition) is 0. The number of methoxy groups -OCH3 is 1. The van der Waals surface area contributed by atoms with E-state index in [2.05, 4.69) is 46.8 Å². The second kappa shape index (κ2) is 10.5. The third-order valence-electron chi connectivity index (χ3n) is 8.39. The Bertz CT molecular complexity index is 771. The maximum Gasteiger partial charge on any atom is 0.338 e. The fourth-order valence-electron chi connectivity index (χ4n) is 5.99. The topological polar surface area (TPSA) is 44.8 Å². The molecule has 1 aromatic carbocycles. The maximum absolute atomic E-state index is 12.7. The molecular weight excluding hydrogens is 400 g/mol. The number of carbonyl (C=O) groups is 1. The van der Waals surface area contributed by atoms with Crippen LogP contribution in [0.4, 0.5) is 0 Å². The number of benzene rings is 1. The standard InChI is InChI=1S/C28H42O4/c1-20(14-15-21(2)27(3,4)31-19-30-6)23-16-17-24-25(13-10-18-28(23,24)5)32-26(29)22-11-8-7-9-12-22/h7-9,11-12,14-15,20-21,23-25H,10,13,16-19H2,1-6H3/b15-14+/t20-,21+,23-,24+,25+,28-/m1/s1. The van der Waals surface area contributed by atoms with Gasteiger partial charge in [0, 0.05) is 18.9 Å². The van der Waals surface area contributed by atoms with Gasteiger partial charge in [0.2, 0.25) is 0 Å². The van der Waals surface area contributed by atoms with Crippen LogP contribution in [-0.2, 0) is 14.2 Å². The summed E-state index contributed by atoms with van der Waals surface area (Å²) in [4.78, 5) is 12.7. The maximum atomic E-state index is 12.7. The normalized spacial score (nSPS) is 30.1. The highest BCUT2D eigenvalue weighted by Crippen LogP contribution is 2.58. The molecule has 0 N–H and O–H groups in total. The van der Waals surface area contributed by atoms with Crippen LogP contribution in [0.5, 0.6) is 0 Å². The average Bonchev–Trinajstić information content (AvgIpc) is 3.14. The van der Waals surface area contributed by atoms with Crippen LogP contribution >= 0.6 is 0 Å². The molecule has 3 rings (SSSR count). The first-order valence-corrected chi connectivity index (χ1v) is 12.3. The van der Waals surface area contributed by atoms with Gasteiger partial charge >= 0.3 is 5.97 Å². The van der Waals surface area contributed by atoms with Crippen molar-refractivity contribution in [2.45, 2.75) is 78.4 Å². The van der Waals surface area contributed by atoms with Gasteiger partial charge in [0.05, 0.1) is 11.2 Å². The molecule has 178 valence electrons. The van der Waals surface area contributed by atoms with E-state index in [-0.39, 0.29) is 29.0 Å². The predicted octanol–water partition coefficient (Wildman–Crippen LogP) is 6.66. The second-order valence-electron chi connectivity index (χ2n) is 10.7. The van der Waals surface area contributed by atoms with E-state index in [1.807, 2.05) is 30.3 Å². The third-order valence-corrected chi connectivity index (χ3v) is 8.39. The number of ether oxygens (including phenoxy) is 3. The van der Waals surface area contributed by atoms with Gasteiger partial charge in [-0.1, -0.05) is 51.1 Å². The van der Waals surface area contributed by atoms with Crippen molar-refractivity contribution in [2.75, 3.05) is 13.9 Å². The van der Waals surface area contributed by atoms with Crippen molar-refractivity contribution in [3.8, 4) is 0 Å². The summed E-state index contributed by atoms with van der Waals surface area (Å²) < 4.78 is 17.0. The Balaban J connectivity index is 1.65. The summed E-state index contributed by atoms with van der Waals surface area (Å²) in [7, 11) is 1.66. The average molecular weight is 443 g/mol. The molecule has 0 aliphatic heterocycles. The molecule has 0 bridgehead atoms. The zero-order chi connectivity index (χ0) is 23.4. The number of rotatable bonds is 9. The Morgan fingerprint density at radius 1 is 1.16 bits per heavy atom. The minimum absolute atomic E-state index is 0.0305. The molecule has 0 radical (unpaired) electrons. The van der Waals surface area contributed by atoms with Gasteiger partial charge in [0.25, 0.3) is 0 Å². The van der Waals surface area contributed by atoms with Crippen LogP contribution in [-0.4, -0.2) is 31.6 Å². The SMILES string of the molecule is COCOC(C)(C)[C@@H](C)/C=C/[C@@H](C)[C@H]1CC[C@H]2[C@@H](OC(=O)c3ccccc3)CCC[C@]12C. The minimum atomic E-state index is -0.268. The summed E-state index contributed by atoms with van der Waals surface area (Å²) in [6.07, 6.45) is 10.4. The van der Waals surface area contributed by atoms with Crippen LogP contribution in [0.1, 0.15) is 77.1 Å². The minimum Gasteiger partial charge on any atom is -0.458 e. The van der Waals surface area contributed by atoms with E-state index < -0.39 is 0 Å². The van der Waals surface area contributed by atoms with Crippen molar-refractivity contribution in [1.29, 1.82) is 0 Å². The van der Waals surface area contributed by atoms with Gasteiger partial charge in [-0.2, -0.15) is 0 Å². The Morgan fingerprint density at radius 3 is 2.56 bits per heavy atom. The fraction of sp³-hybridized carbons (Fsp3) is 0.679. The van der Waals surface area contributed by atoms with Crippen LogP contribution < -0.4 is 0 Å². The molecule has 2 fully saturated rings. The fourth-order valence-corrected chi connectivity index (χ4v) is 5.99. The van der Waals surface area contributed by atoms with E-state index >= 15 is 0 Å². The lowest BCUT2D eigenvalue weighted by Gasteiger charge is -2.45. The van der Waals surface area contributed by atoms with Crippen molar-refractivity contribution in [1.82, 2.24) is 0 Å². The van der Waals surface area contributed by atoms with E-state index in [0.717, 1.165) is 19.3 Å². The molecule has 32 heavy (non-hydrogen) atoms. The first-order valence-electron chi connectivity index (χ1n) is 12.3. The molecule has 2 saturated carbocycles. The second-order valence-corrected chi connectivity index (χ2v) is 10.7. The van der Waals surface area contributed by atoms with Crippen molar-refractivity contribution in [2.24, 2.45) is 29.1 Å². The van der Waals surface area contributed by atoms with Gasteiger partial charge < -0.3 is 14.2 Å². The van der Waals surface area contributed by atoms with Gasteiger partial charge in [-0.25, -0.2) is 4.79 Å². The van der Waals surface area contributed by atoms with Crippen molar-refractivity contribution in [3.05, 3.63) is 48.0 Å². The Kier molecular flexibility index (Phi) is 8.21. The molecule has 6 atom stereocenters. The van der Waals surface area contributed by atoms with Gasteiger partial charge in [-0.05, 0) is 75.3 Å². The molecule has 0 spiro atoms. The lowest BCUT2D eigenvalue weighted by Crippen LogP contribution is -2.43. The number of fused-ring (bicyclic) bond motifs is 1. The lowest BCUT2D eigenvalue weighted by atomic mass is 9.61. The third kappa shape index (κ3) is 5.46. The van der Waals surface area contributed by atoms with E-state index in [1.165, 1.54) is 12.8 Å². The smallest absolute Gasteiger partial charge is 0.338 e. The van der Waals surface area contributed by atoms with Crippen LogP contribution in [0.2, 0.25) is 0 Å². The molecule has 0 heterocycles. The molecule has 0 saturated heterocycles. The molecule has 2 aliphatic carbocycles. The zero-order valence-corrected chi connectivity index (χ0v) is 20.8. The molecule has 0 unspecified atom stereocenters. The van der Waals surface area contributed by atoms with Crippen LogP contribution in [0.15, 0.2) is 42.5 Å². The van der Waals surface area contributed by atoms with E-state index in [4.69, 9.17) is 14.2 Å². The van der Waals surface area contributed by atoms with Gasteiger partial charge in [0.1, 0.15) is 12.9 Å². The molecule has 0 aromatic heterocycles. The Labute approximate surface area is 194 Å². The van der Waals surface area contributed by atoms with Crippen molar-refractivity contribution < 1.29 is 19.0 Å². The highest BCUT2D eigenvalue weighted by molar-refractivity contribution is 5.89. The summed E-state index contributed by atoms with van der Waals surface area (Å²) in [5.41, 5.74) is 0.600. The molecule has 0 amide bonds. The predicted molar refractivity (Wildman–Crippen MR) is 128 cm³/mol. The molecular formula is C28H42O4. The molecule has 4 heteroatoms. The summed E-state index contributed by atoms with van der Waals surface area (Å²) in [5.74, 6) is 1.65. The lowest BCUT2D eigenvalue weighted by molar-refractivity contribution is -0.128. The quantitative estimate of drug-likeness (QED) is 0.244. The van der Waals surface area contributed by atoms with E-state index in [9.17, 15) is 4.79 Å². The summed E-state index contributed by atoms with van der Waals surface area (Å²) in [6.45, 7) is 11.5. The first-order chi connectivity index (χ1) is 15.2.